The lowest BCUT2D eigenvalue weighted by molar-refractivity contribution is -0.152. The Morgan fingerprint density at radius 3 is 2.56 bits per heavy atom. The molecule has 0 aromatic heterocycles. The van der Waals surface area contributed by atoms with Gasteiger partial charge in [-0.2, -0.15) is 0 Å². The molecule has 0 saturated carbocycles. The van der Waals surface area contributed by atoms with E-state index in [9.17, 15) is 23.6 Å². The summed E-state index contributed by atoms with van der Waals surface area (Å²) in [6, 6.07) is 4.61. The second-order valence-corrected chi connectivity index (χ2v) is 8.30. The van der Waals surface area contributed by atoms with E-state index < -0.39 is 23.7 Å². The highest BCUT2D eigenvalue weighted by molar-refractivity contribution is 5.98. The maximum absolute atomic E-state index is 13.9. The van der Waals surface area contributed by atoms with E-state index in [1.54, 1.807) is 25.7 Å². The fourth-order valence-electron chi connectivity index (χ4n) is 3.65. The largest absolute Gasteiger partial charge is 0.466 e. The molecule has 0 aliphatic carbocycles. The van der Waals surface area contributed by atoms with Crippen molar-refractivity contribution in [1.29, 1.82) is 0 Å². The zero-order valence-corrected chi connectivity index (χ0v) is 19.1. The van der Waals surface area contributed by atoms with Gasteiger partial charge in [0.1, 0.15) is 11.9 Å². The van der Waals surface area contributed by atoms with Gasteiger partial charge in [0.05, 0.1) is 24.6 Å². The first-order valence-corrected chi connectivity index (χ1v) is 10.9. The second kappa shape index (κ2) is 11.6. The fraction of sp³-hybridized carbons (Fsp3) is 0.565. The number of nitrogens with one attached hydrogen (secondary N) is 1. The lowest BCUT2D eigenvalue weighted by atomic mass is 9.98. The number of hydrogen-bond acceptors (Lipinski definition) is 5. The van der Waals surface area contributed by atoms with Gasteiger partial charge >= 0.3 is 5.97 Å². The molecule has 1 N–H and O–H groups in total. The van der Waals surface area contributed by atoms with Crippen molar-refractivity contribution in [1.82, 2.24) is 15.1 Å². The van der Waals surface area contributed by atoms with E-state index in [-0.39, 0.29) is 49.0 Å². The van der Waals surface area contributed by atoms with Crippen molar-refractivity contribution >= 4 is 23.7 Å². The number of likely N-dealkylation sites (N-methyl/N-ethyl adjacent to an activating group) is 1. The van der Waals surface area contributed by atoms with Crippen molar-refractivity contribution < 1.29 is 28.3 Å². The van der Waals surface area contributed by atoms with Crippen molar-refractivity contribution in [2.75, 3.05) is 33.3 Å². The van der Waals surface area contributed by atoms with E-state index in [0.29, 0.717) is 19.4 Å². The molecular weight excluding hydrogens is 417 g/mol. The fourth-order valence-corrected chi connectivity index (χ4v) is 3.65. The molecule has 3 amide bonds. The quantitative estimate of drug-likeness (QED) is 0.611. The van der Waals surface area contributed by atoms with Gasteiger partial charge in [-0.05, 0) is 37.8 Å². The molecule has 0 bridgehead atoms. The molecule has 32 heavy (non-hydrogen) atoms. The highest BCUT2D eigenvalue weighted by Crippen LogP contribution is 2.18. The number of carbonyl (C=O) groups is 4. The molecule has 8 nitrogen and oxygen atoms in total. The molecule has 1 aromatic rings. The molecule has 1 aliphatic rings. The molecule has 1 heterocycles. The number of piperidine rings is 1. The molecule has 0 radical (unpaired) electrons. The summed E-state index contributed by atoms with van der Waals surface area (Å²) in [5, 5.41) is 2.59. The Morgan fingerprint density at radius 2 is 1.94 bits per heavy atom. The topological polar surface area (TPSA) is 96.0 Å². The predicted octanol–water partition coefficient (Wildman–Crippen LogP) is 1.84. The lowest BCUT2D eigenvalue weighted by Crippen LogP contribution is -2.53. The van der Waals surface area contributed by atoms with Crippen molar-refractivity contribution in [3.63, 3.8) is 0 Å². The average molecular weight is 450 g/mol. The van der Waals surface area contributed by atoms with E-state index in [2.05, 4.69) is 5.32 Å². The van der Waals surface area contributed by atoms with Crippen LogP contribution in [0, 0.1) is 17.7 Å². The van der Waals surface area contributed by atoms with Crippen molar-refractivity contribution in [3.8, 4) is 0 Å². The Kier molecular flexibility index (Phi) is 9.16. The first-order chi connectivity index (χ1) is 15.1. The third-order valence-corrected chi connectivity index (χ3v) is 5.48. The van der Waals surface area contributed by atoms with Crippen LogP contribution in [0.3, 0.4) is 0 Å². The van der Waals surface area contributed by atoms with E-state index in [0.717, 1.165) is 0 Å². The van der Waals surface area contributed by atoms with Gasteiger partial charge in [0.2, 0.25) is 11.8 Å². The van der Waals surface area contributed by atoms with Gasteiger partial charge in [-0.1, -0.05) is 26.0 Å². The van der Waals surface area contributed by atoms with E-state index >= 15 is 0 Å². The van der Waals surface area contributed by atoms with Gasteiger partial charge in [-0.15, -0.1) is 0 Å². The first-order valence-electron chi connectivity index (χ1n) is 10.9. The minimum absolute atomic E-state index is 0.150. The molecule has 1 saturated heterocycles. The summed E-state index contributed by atoms with van der Waals surface area (Å²) in [5.74, 6) is -3.05. The zero-order chi connectivity index (χ0) is 23.8. The first kappa shape index (κ1) is 25.3. The molecule has 2 unspecified atom stereocenters. The van der Waals surface area contributed by atoms with Crippen LogP contribution < -0.4 is 5.32 Å². The van der Waals surface area contributed by atoms with Crippen LogP contribution in [0.25, 0.3) is 0 Å². The summed E-state index contributed by atoms with van der Waals surface area (Å²) in [5.41, 5.74) is -0.150. The number of likely N-dealkylation sites (tertiary alicyclic amines) is 1. The number of benzene rings is 1. The molecule has 1 aliphatic heterocycles. The van der Waals surface area contributed by atoms with E-state index in [1.807, 2.05) is 0 Å². The number of rotatable bonds is 8. The minimum Gasteiger partial charge on any atom is -0.466 e. The standard InChI is InChI=1S/C23H32FN3O5/c1-5-32-23(31)16-9-8-12-27(13-16)19(28)14-26(4)22(30)20(15(2)3)25-21(29)17-10-6-7-11-18(17)24/h6-7,10-11,15-16,20H,5,8-9,12-14H2,1-4H3,(H,25,29). The Labute approximate surface area is 188 Å². The van der Waals surface area contributed by atoms with E-state index in [4.69, 9.17) is 4.74 Å². The van der Waals surface area contributed by atoms with Gasteiger partial charge in [-0.25, -0.2) is 4.39 Å². The SMILES string of the molecule is CCOC(=O)C1CCCN(C(=O)CN(C)C(=O)C(NC(=O)c2ccccc2F)C(C)C)C1. The van der Waals surface area contributed by atoms with Crippen LogP contribution in [0.2, 0.25) is 0 Å². The molecule has 2 atom stereocenters. The van der Waals surface area contributed by atoms with Gasteiger partial charge < -0.3 is 19.9 Å². The summed E-state index contributed by atoms with van der Waals surface area (Å²) < 4.78 is 19.0. The molecule has 176 valence electrons. The third-order valence-electron chi connectivity index (χ3n) is 5.48. The van der Waals surface area contributed by atoms with Gasteiger partial charge in [0.15, 0.2) is 0 Å². The number of nitrogens with zero attached hydrogens (tertiary/aromatic N) is 2. The maximum Gasteiger partial charge on any atom is 0.310 e. The van der Waals surface area contributed by atoms with Crippen LogP contribution in [0.5, 0.6) is 0 Å². The summed E-state index contributed by atoms with van der Waals surface area (Å²) in [7, 11) is 1.48. The number of amides is 3. The Bertz CT molecular complexity index is 845. The molecule has 0 spiro atoms. The summed E-state index contributed by atoms with van der Waals surface area (Å²) in [6.45, 7) is 6.12. The average Bonchev–Trinajstić information content (AvgIpc) is 2.77. The monoisotopic (exact) mass is 449 g/mol. The number of carbonyl (C=O) groups excluding carboxylic acids is 4. The predicted molar refractivity (Wildman–Crippen MR) is 116 cm³/mol. The Hall–Kier alpha value is -2.97. The molecule has 1 aromatic carbocycles. The van der Waals surface area contributed by atoms with Crippen LogP contribution in [0.1, 0.15) is 44.0 Å². The van der Waals surface area contributed by atoms with Gasteiger partial charge in [-0.3, -0.25) is 19.2 Å². The molecule has 2 rings (SSSR count). The summed E-state index contributed by atoms with van der Waals surface area (Å²) in [6.07, 6.45) is 1.34. The second-order valence-electron chi connectivity index (χ2n) is 8.30. The van der Waals surface area contributed by atoms with Gasteiger partial charge in [0, 0.05) is 20.1 Å². The van der Waals surface area contributed by atoms with Crippen molar-refractivity contribution in [2.24, 2.45) is 11.8 Å². The number of esters is 1. The van der Waals surface area contributed by atoms with Gasteiger partial charge in [0.25, 0.3) is 5.91 Å². The number of ether oxygens (including phenoxy) is 1. The highest BCUT2D eigenvalue weighted by Gasteiger charge is 2.32. The van der Waals surface area contributed by atoms with Crippen molar-refractivity contribution in [2.45, 2.75) is 39.7 Å². The van der Waals surface area contributed by atoms with Crippen LogP contribution in [-0.2, 0) is 19.1 Å². The third kappa shape index (κ3) is 6.51. The molecule has 9 heteroatoms. The van der Waals surface area contributed by atoms with Crippen LogP contribution in [0.15, 0.2) is 24.3 Å². The number of halogens is 1. The summed E-state index contributed by atoms with van der Waals surface area (Å²) >= 11 is 0. The normalized spacial score (nSPS) is 16.9. The Balaban J connectivity index is 2.00. The van der Waals surface area contributed by atoms with Crippen LogP contribution >= 0.6 is 0 Å². The van der Waals surface area contributed by atoms with Crippen molar-refractivity contribution in [3.05, 3.63) is 35.6 Å². The maximum atomic E-state index is 13.9. The lowest BCUT2D eigenvalue weighted by Gasteiger charge is -2.33. The number of hydrogen-bond donors (Lipinski definition) is 1. The van der Waals surface area contributed by atoms with E-state index in [1.165, 1.54) is 36.2 Å². The van der Waals surface area contributed by atoms with Crippen LogP contribution in [0.4, 0.5) is 4.39 Å². The highest BCUT2D eigenvalue weighted by atomic mass is 19.1. The smallest absolute Gasteiger partial charge is 0.310 e. The molecular formula is C23H32FN3O5. The molecule has 1 fully saturated rings. The minimum atomic E-state index is -0.923. The van der Waals surface area contributed by atoms with Crippen LogP contribution in [-0.4, -0.2) is 72.8 Å². The summed E-state index contributed by atoms with van der Waals surface area (Å²) in [4.78, 5) is 53.1. The Morgan fingerprint density at radius 1 is 1.25 bits per heavy atom. The zero-order valence-electron chi connectivity index (χ0n) is 19.1.